The van der Waals surface area contributed by atoms with Gasteiger partial charge in [-0.05, 0) is 20.8 Å². The van der Waals surface area contributed by atoms with Gasteiger partial charge in [-0.3, -0.25) is 4.68 Å². The van der Waals surface area contributed by atoms with E-state index in [0.717, 1.165) is 12.1 Å². The Bertz CT molecular complexity index is 422. The molecule has 0 saturated carbocycles. The number of fused-ring (bicyclic) bond motifs is 1. The highest BCUT2D eigenvalue weighted by Gasteiger charge is 2.24. The summed E-state index contributed by atoms with van der Waals surface area (Å²) < 4.78 is 7.23. The first kappa shape index (κ1) is 12.7. The zero-order valence-electron chi connectivity index (χ0n) is 11.1. The van der Waals surface area contributed by atoms with Gasteiger partial charge in [0.2, 0.25) is 0 Å². The molecule has 0 aliphatic carbocycles. The van der Waals surface area contributed by atoms with Crippen LogP contribution in [0.5, 0.6) is 0 Å². The van der Waals surface area contributed by atoms with E-state index in [1.165, 1.54) is 0 Å². The van der Waals surface area contributed by atoms with Crippen molar-refractivity contribution in [3.05, 3.63) is 11.8 Å². The predicted molar refractivity (Wildman–Crippen MR) is 68.2 cm³/mol. The van der Waals surface area contributed by atoms with Gasteiger partial charge in [0.15, 0.2) is 0 Å². The van der Waals surface area contributed by atoms with Crippen molar-refractivity contribution < 1.29 is 9.53 Å². The lowest BCUT2D eigenvalue weighted by Gasteiger charge is -2.26. The molecule has 2 N–H and O–H groups in total. The lowest BCUT2D eigenvalue weighted by atomic mass is 10.2. The van der Waals surface area contributed by atoms with Crippen LogP contribution in [0.3, 0.4) is 0 Å². The molecule has 0 spiro atoms. The third-order valence-electron chi connectivity index (χ3n) is 2.75. The van der Waals surface area contributed by atoms with E-state index in [1.807, 2.05) is 31.5 Å². The Morgan fingerprint density at radius 2 is 2.11 bits per heavy atom. The molecule has 0 atom stereocenters. The average Bonchev–Trinajstić information content (AvgIpc) is 2.45. The number of carbonyl (C=O) groups excluding carboxylic acids is 1. The third kappa shape index (κ3) is 2.94. The van der Waals surface area contributed by atoms with Gasteiger partial charge in [0.1, 0.15) is 11.4 Å². The summed E-state index contributed by atoms with van der Waals surface area (Å²) in [6.45, 7) is 7.51. The van der Waals surface area contributed by atoms with E-state index in [4.69, 9.17) is 10.5 Å². The van der Waals surface area contributed by atoms with Gasteiger partial charge >= 0.3 is 6.09 Å². The van der Waals surface area contributed by atoms with E-state index in [-0.39, 0.29) is 6.09 Å². The molecular formula is C12H20N4O2. The van der Waals surface area contributed by atoms with Crippen LogP contribution in [0.2, 0.25) is 0 Å². The maximum absolute atomic E-state index is 12.0. The second-order valence-electron chi connectivity index (χ2n) is 5.50. The number of nitrogen functional groups attached to an aromatic ring is 1. The number of nitrogens with zero attached hydrogens (tertiary/aromatic N) is 3. The van der Waals surface area contributed by atoms with Gasteiger partial charge in [0.25, 0.3) is 0 Å². The Morgan fingerprint density at radius 1 is 1.39 bits per heavy atom. The molecule has 1 aromatic heterocycles. The van der Waals surface area contributed by atoms with Crippen molar-refractivity contribution in [2.75, 3.05) is 18.8 Å². The minimum atomic E-state index is -0.457. The first-order valence-corrected chi connectivity index (χ1v) is 6.15. The molecule has 0 radical (unpaired) electrons. The fourth-order valence-corrected chi connectivity index (χ4v) is 1.96. The van der Waals surface area contributed by atoms with Crippen molar-refractivity contribution in [3.8, 4) is 0 Å². The molecule has 1 aliphatic heterocycles. The molecule has 18 heavy (non-hydrogen) atoms. The lowest BCUT2D eigenvalue weighted by molar-refractivity contribution is 0.0253. The molecule has 1 aromatic rings. The molecule has 1 amide bonds. The smallest absolute Gasteiger partial charge is 0.410 e. The molecule has 0 aromatic carbocycles. The lowest BCUT2D eigenvalue weighted by Crippen LogP contribution is -2.38. The largest absolute Gasteiger partial charge is 0.444 e. The number of hydrogen-bond acceptors (Lipinski definition) is 4. The van der Waals surface area contributed by atoms with Crippen LogP contribution >= 0.6 is 0 Å². The Balaban J connectivity index is 2.00. The number of carbonyl (C=O) groups is 1. The van der Waals surface area contributed by atoms with Gasteiger partial charge in [-0.1, -0.05) is 0 Å². The summed E-state index contributed by atoms with van der Waals surface area (Å²) in [7, 11) is 0. The van der Waals surface area contributed by atoms with E-state index in [0.29, 0.717) is 25.5 Å². The maximum atomic E-state index is 12.0. The number of nitrogens with two attached hydrogens (primary N) is 1. The van der Waals surface area contributed by atoms with Gasteiger partial charge in [-0.25, -0.2) is 4.79 Å². The highest BCUT2D eigenvalue weighted by Crippen LogP contribution is 2.15. The minimum absolute atomic E-state index is 0.263. The summed E-state index contributed by atoms with van der Waals surface area (Å²) in [5.74, 6) is 0.538. The number of anilines is 1. The third-order valence-corrected chi connectivity index (χ3v) is 2.75. The van der Waals surface area contributed by atoms with Crippen LogP contribution in [0.1, 0.15) is 26.5 Å². The molecule has 0 bridgehead atoms. The van der Waals surface area contributed by atoms with Crippen LogP contribution in [-0.4, -0.2) is 39.5 Å². The number of aromatic nitrogens is 2. The van der Waals surface area contributed by atoms with Gasteiger partial charge in [-0.2, -0.15) is 5.10 Å². The van der Waals surface area contributed by atoms with Crippen LogP contribution in [0.25, 0.3) is 0 Å². The fraction of sp³-hybridized carbons (Fsp3) is 0.667. The van der Waals surface area contributed by atoms with E-state index in [2.05, 4.69) is 5.10 Å². The van der Waals surface area contributed by atoms with Crippen molar-refractivity contribution in [2.45, 2.75) is 39.3 Å². The van der Waals surface area contributed by atoms with Gasteiger partial charge in [0.05, 0.1) is 6.54 Å². The molecule has 0 fully saturated rings. The van der Waals surface area contributed by atoms with Crippen LogP contribution < -0.4 is 5.73 Å². The summed E-state index contributed by atoms with van der Waals surface area (Å²) in [4.78, 5) is 13.7. The van der Waals surface area contributed by atoms with E-state index in [1.54, 1.807) is 4.90 Å². The monoisotopic (exact) mass is 252 g/mol. The quantitative estimate of drug-likeness (QED) is 0.754. The second kappa shape index (κ2) is 4.51. The number of amides is 1. The zero-order chi connectivity index (χ0) is 13.3. The standard InChI is InChI=1S/C12H20N4O2/c1-12(2,3)18-11(17)15-5-4-9-8-10(13)14-16(9)7-6-15/h8H,4-7H2,1-3H3,(H2,13,14). The SMILES string of the molecule is CC(C)(C)OC(=O)N1CCc2cc(N)nn2CC1. The van der Waals surface area contributed by atoms with Crippen LogP contribution in [-0.2, 0) is 17.7 Å². The van der Waals surface area contributed by atoms with Crippen LogP contribution in [0.15, 0.2) is 6.07 Å². The predicted octanol–water partition coefficient (Wildman–Crippen LogP) is 1.26. The molecule has 6 heteroatoms. The topological polar surface area (TPSA) is 73.4 Å². The Hall–Kier alpha value is -1.72. The first-order valence-electron chi connectivity index (χ1n) is 6.15. The molecular weight excluding hydrogens is 232 g/mol. The molecule has 0 unspecified atom stereocenters. The highest BCUT2D eigenvalue weighted by molar-refractivity contribution is 5.68. The van der Waals surface area contributed by atoms with Crippen molar-refractivity contribution in [2.24, 2.45) is 0 Å². The minimum Gasteiger partial charge on any atom is -0.444 e. The van der Waals surface area contributed by atoms with E-state index in [9.17, 15) is 4.79 Å². The molecule has 100 valence electrons. The molecule has 2 rings (SSSR count). The summed E-state index contributed by atoms with van der Waals surface area (Å²) in [5, 5.41) is 4.20. The Labute approximate surface area is 107 Å². The van der Waals surface area contributed by atoms with Gasteiger partial charge < -0.3 is 15.4 Å². The van der Waals surface area contributed by atoms with Crippen molar-refractivity contribution in [1.82, 2.24) is 14.7 Å². The van der Waals surface area contributed by atoms with E-state index >= 15 is 0 Å². The normalized spacial score (nSPS) is 16.1. The number of ether oxygens (including phenoxy) is 1. The first-order chi connectivity index (χ1) is 8.35. The van der Waals surface area contributed by atoms with Gasteiger partial charge in [-0.15, -0.1) is 0 Å². The summed E-state index contributed by atoms with van der Waals surface area (Å²) >= 11 is 0. The summed E-state index contributed by atoms with van der Waals surface area (Å²) in [5.41, 5.74) is 6.26. The maximum Gasteiger partial charge on any atom is 0.410 e. The van der Waals surface area contributed by atoms with E-state index < -0.39 is 5.60 Å². The number of rotatable bonds is 0. The molecule has 0 saturated heterocycles. The van der Waals surface area contributed by atoms with Crippen molar-refractivity contribution in [1.29, 1.82) is 0 Å². The molecule has 1 aliphatic rings. The average molecular weight is 252 g/mol. The van der Waals surface area contributed by atoms with Crippen molar-refractivity contribution >= 4 is 11.9 Å². The summed E-state index contributed by atoms with van der Waals surface area (Å²) in [6.07, 6.45) is 0.491. The van der Waals surface area contributed by atoms with Gasteiger partial charge in [0, 0.05) is 31.3 Å². The highest BCUT2D eigenvalue weighted by atomic mass is 16.6. The van der Waals surface area contributed by atoms with Crippen molar-refractivity contribution in [3.63, 3.8) is 0 Å². The molecule has 2 heterocycles. The Morgan fingerprint density at radius 3 is 2.78 bits per heavy atom. The fourth-order valence-electron chi connectivity index (χ4n) is 1.96. The molecule has 6 nitrogen and oxygen atoms in total. The van der Waals surface area contributed by atoms with Crippen LogP contribution in [0.4, 0.5) is 10.6 Å². The van der Waals surface area contributed by atoms with Crippen LogP contribution in [0, 0.1) is 0 Å². The second-order valence-corrected chi connectivity index (χ2v) is 5.50. The Kier molecular flexibility index (Phi) is 3.19. The summed E-state index contributed by atoms with van der Waals surface area (Å²) in [6, 6.07) is 1.86. The zero-order valence-corrected chi connectivity index (χ0v) is 11.1. The number of hydrogen-bond donors (Lipinski definition) is 1.